The van der Waals surface area contributed by atoms with Crippen LogP contribution in [0.2, 0.25) is 0 Å². The molecule has 1 aromatic rings. The minimum absolute atomic E-state index is 0.114. The summed E-state index contributed by atoms with van der Waals surface area (Å²) in [5.74, 6) is 0.330. The van der Waals surface area contributed by atoms with Gasteiger partial charge in [-0.1, -0.05) is 19.1 Å². The van der Waals surface area contributed by atoms with Gasteiger partial charge in [0.1, 0.15) is 6.07 Å². The predicted octanol–water partition coefficient (Wildman–Crippen LogP) is 2.15. The molecule has 1 aliphatic rings. The molecule has 0 spiro atoms. The Labute approximate surface area is 124 Å². The second-order valence-electron chi connectivity index (χ2n) is 5.31. The van der Waals surface area contributed by atoms with Gasteiger partial charge in [-0.2, -0.15) is 10.4 Å². The van der Waals surface area contributed by atoms with Gasteiger partial charge in [-0.3, -0.25) is 10.8 Å². The third-order valence-electron chi connectivity index (χ3n) is 3.55. The number of hydrazone groups is 1. The highest BCUT2D eigenvalue weighted by molar-refractivity contribution is 6.45. The third kappa shape index (κ3) is 3.72. The molecule has 0 bridgehead atoms. The van der Waals surface area contributed by atoms with E-state index in [1.54, 1.807) is 6.07 Å². The van der Waals surface area contributed by atoms with Crippen molar-refractivity contribution in [3.05, 3.63) is 24.3 Å². The fourth-order valence-corrected chi connectivity index (χ4v) is 2.51. The molecule has 1 aliphatic heterocycles. The number of hydrogen-bond donors (Lipinski definition) is 3. The molecule has 21 heavy (non-hydrogen) atoms. The molecule has 0 amide bonds. The molecule has 1 fully saturated rings. The van der Waals surface area contributed by atoms with Gasteiger partial charge in [0, 0.05) is 13.1 Å². The van der Waals surface area contributed by atoms with Crippen molar-refractivity contribution in [2.24, 2.45) is 16.8 Å². The van der Waals surface area contributed by atoms with E-state index >= 15 is 0 Å². The Hall–Kier alpha value is -2.55. The van der Waals surface area contributed by atoms with Crippen molar-refractivity contribution in [3.63, 3.8) is 0 Å². The quantitative estimate of drug-likeness (QED) is 0.448. The number of nitrogens with zero attached hydrogens (tertiary/aromatic N) is 3. The Balaban J connectivity index is 2.21. The molecule has 4 N–H and O–H groups in total. The molecule has 1 aromatic carbocycles. The molecule has 1 heterocycles. The summed E-state index contributed by atoms with van der Waals surface area (Å²) in [6.07, 6.45) is 2.43. The monoisotopic (exact) mass is 284 g/mol. The molecular formula is C15H20N6. The van der Waals surface area contributed by atoms with E-state index in [-0.39, 0.29) is 11.5 Å². The Kier molecular flexibility index (Phi) is 4.77. The van der Waals surface area contributed by atoms with Crippen LogP contribution in [0.1, 0.15) is 19.8 Å². The van der Waals surface area contributed by atoms with E-state index in [0.717, 1.165) is 24.5 Å². The van der Waals surface area contributed by atoms with Gasteiger partial charge in [0.25, 0.3) is 0 Å². The number of anilines is 2. The number of hydrogen-bond acceptors (Lipinski definition) is 5. The lowest BCUT2D eigenvalue weighted by Crippen LogP contribution is -2.34. The zero-order valence-electron chi connectivity index (χ0n) is 12.1. The summed E-state index contributed by atoms with van der Waals surface area (Å²) in [7, 11) is 0. The Bertz CT molecular complexity index is 586. The molecule has 6 heteroatoms. The van der Waals surface area contributed by atoms with Crippen LogP contribution in [0.3, 0.4) is 0 Å². The van der Waals surface area contributed by atoms with Gasteiger partial charge in [-0.25, -0.2) is 0 Å². The molecule has 0 saturated carbocycles. The van der Waals surface area contributed by atoms with Crippen LogP contribution < -0.4 is 16.1 Å². The van der Waals surface area contributed by atoms with Crippen LogP contribution in [0.5, 0.6) is 0 Å². The highest BCUT2D eigenvalue weighted by Crippen LogP contribution is 2.29. The van der Waals surface area contributed by atoms with Crippen LogP contribution >= 0.6 is 0 Å². The van der Waals surface area contributed by atoms with Crippen LogP contribution in [0, 0.1) is 22.7 Å². The summed E-state index contributed by atoms with van der Waals surface area (Å²) in [5.41, 5.74) is 9.92. The molecule has 0 aliphatic carbocycles. The topological polar surface area (TPSA) is 101 Å². The lowest BCUT2D eigenvalue weighted by molar-refractivity contribution is 0.447. The van der Waals surface area contributed by atoms with Crippen LogP contribution in [0.15, 0.2) is 29.4 Å². The van der Waals surface area contributed by atoms with E-state index in [1.807, 2.05) is 24.3 Å². The van der Waals surface area contributed by atoms with Gasteiger partial charge in [0.2, 0.25) is 5.71 Å². The number of nitrogens with two attached hydrogens (primary N) is 1. The number of para-hydroxylation sites is 2. The van der Waals surface area contributed by atoms with Gasteiger partial charge < -0.3 is 10.6 Å². The van der Waals surface area contributed by atoms with Crippen molar-refractivity contribution in [1.82, 2.24) is 0 Å². The smallest absolute Gasteiger partial charge is 0.201 e. The molecular weight excluding hydrogens is 264 g/mol. The van der Waals surface area contributed by atoms with Crippen molar-refractivity contribution in [1.29, 1.82) is 10.7 Å². The van der Waals surface area contributed by atoms with Gasteiger partial charge >= 0.3 is 0 Å². The number of piperidine rings is 1. The first-order valence-electron chi connectivity index (χ1n) is 7.04. The fraction of sp³-hybridized carbons (Fsp3) is 0.400. The Morgan fingerprint density at radius 1 is 1.52 bits per heavy atom. The predicted molar refractivity (Wildman–Crippen MR) is 85.6 cm³/mol. The highest BCUT2D eigenvalue weighted by Gasteiger charge is 2.18. The van der Waals surface area contributed by atoms with E-state index in [4.69, 9.17) is 16.4 Å². The third-order valence-corrected chi connectivity index (χ3v) is 3.55. The summed E-state index contributed by atoms with van der Waals surface area (Å²) in [6.45, 7) is 4.29. The highest BCUT2D eigenvalue weighted by atomic mass is 15.3. The SMILES string of the molecule is CC1CCCN(c2ccccc2N/N=C(\C#N)C(=N)N)C1. The normalized spacial score (nSPS) is 19.0. The maximum atomic E-state index is 8.88. The van der Waals surface area contributed by atoms with E-state index in [0.29, 0.717) is 5.92 Å². The van der Waals surface area contributed by atoms with Crippen molar-refractivity contribution in [2.75, 3.05) is 23.4 Å². The summed E-state index contributed by atoms with van der Waals surface area (Å²) in [5, 5.41) is 20.1. The molecule has 1 unspecified atom stereocenters. The second kappa shape index (κ2) is 6.75. The van der Waals surface area contributed by atoms with Gasteiger partial charge in [0.15, 0.2) is 5.84 Å². The summed E-state index contributed by atoms with van der Waals surface area (Å²) in [4.78, 5) is 2.33. The maximum Gasteiger partial charge on any atom is 0.201 e. The van der Waals surface area contributed by atoms with Gasteiger partial charge in [-0.05, 0) is 30.9 Å². The molecule has 1 atom stereocenters. The number of nitrogens with one attached hydrogen (secondary N) is 2. The summed E-state index contributed by atoms with van der Waals surface area (Å²) >= 11 is 0. The van der Waals surface area contributed by atoms with Crippen molar-refractivity contribution < 1.29 is 0 Å². The first-order valence-corrected chi connectivity index (χ1v) is 7.04. The number of rotatable bonds is 4. The van der Waals surface area contributed by atoms with Crippen molar-refractivity contribution >= 4 is 22.9 Å². The van der Waals surface area contributed by atoms with E-state index in [1.165, 1.54) is 12.8 Å². The molecule has 0 radical (unpaired) electrons. The van der Waals surface area contributed by atoms with Crippen LogP contribution in [-0.2, 0) is 0 Å². The zero-order chi connectivity index (χ0) is 15.2. The molecule has 110 valence electrons. The maximum absolute atomic E-state index is 8.88. The van der Waals surface area contributed by atoms with Crippen LogP contribution in [0.25, 0.3) is 0 Å². The number of amidine groups is 1. The Morgan fingerprint density at radius 2 is 2.29 bits per heavy atom. The summed E-state index contributed by atoms with van der Waals surface area (Å²) in [6, 6.07) is 9.65. The average molecular weight is 284 g/mol. The van der Waals surface area contributed by atoms with E-state index in [9.17, 15) is 0 Å². The fourth-order valence-electron chi connectivity index (χ4n) is 2.51. The molecule has 0 aromatic heterocycles. The van der Waals surface area contributed by atoms with Crippen LogP contribution in [0.4, 0.5) is 11.4 Å². The lowest BCUT2D eigenvalue weighted by atomic mass is 9.99. The zero-order valence-corrected chi connectivity index (χ0v) is 12.1. The Morgan fingerprint density at radius 3 is 2.95 bits per heavy atom. The number of nitriles is 1. The summed E-state index contributed by atoms with van der Waals surface area (Å²) < 4.78 is 0. The van der Waals surface area contributed by atoms with Gasteiger partial charge in [-0.15, -0.1) is 0 Å². The first-order chi connectivity index (χ1) is 10.1. The average Bonchev–Trinajstić information content (AvgIpc) is 2.48. The standard InChI is InChI=1S/C15H20N6/c1-11-5-4-8-21(10-11)14-7-3-2-6-12(14)19-20-13(9-16)15(17)18/h2-3,6-7,11,19H,4-5,8,10H2,1H3,(H3,17,18)/b20-13+. The minimum Gasteiger partial charge on any atom is -0.382 e. The van der Waals surface area contributed by atoms with E-state index in [2.05, 4.69) is 22.4 Å². The largest absolute Gasteiger partial charge is 0.382 e. The van der Waals surface area contributed by atoms with Crippen molar-refractivity contribution in [3.8, 4) is 6.07 Å². The lowest BCUT2D eigenvalue weighted by Gasteiger charge is -2.33. The molecule has 2 rings (SSSR count). The molecule has 1 saturated heterocycles. The van der Waals surface area contributed by atoms with Gasteiger partial charge in [0.05, 0.1) is 11.4 Å². The minimum atomic E-state index is -0.339. The van der Waals surface area contributed by atoms with Crippen LogP contribution in [-0.4, -0.2) is 24.6 Å². The first kappa shape index (κ1) is 14.9. The number of benzene rings is 1. The van der Waals surface area contributed by atoms with E-state index < -0.39 is 0 Å². The second-order valence-corrected chi connectivity index (χ2v) is 5.31. The van der Waals surface area contributed by atoms with Crippen molar-refractivity contribution in [2.45, 2.75) is 19.8 Å². The molecule has 6 nitrogen and oxygen atoms in total.